The minimum absolute atomic E-state index is 0.119. The van der Waals surface area contributed by atoms with Crippen LogP contribution < -0.4 is 0 Å². The molecule has 6 nitrogen and oxygen atoms in total. The Balaban J connectivity index is 2.12. The van der Waals surface area contributed by atoms with Crippen molar-refractivity contribution >= 4 is 34.7 Å². The summed E-state index contributed by atoms with van der Waals surface area (Å²) in [7, 11) is 0. The fraction of sp³-hybridized carbons (Fsp3) is 0.167. The average molecular weight is 355 g/mol. The smallest absolute Gasteiger partial charge is 0.342 e. The molecule has 128 valence electrons. The number of carboxylic acid groups (broad SMARTS) is 1. The third-order valence-electron chi connectivity index (χ3n) is 3.78. The molecule has 7 heteroatoms. The lowest BCUT2D eigenvalue weighted by atomic mass is 10.1. The largest absolute Gasteiger partial charge is 0.477 e. The summed E-state index contributed by atoms with van der Waals surface area (Å²) in [6, 6.07) is 7.89. The molecule has 3 aromatic rings. The van der Waals surface area contributed by atoms with Gasteiger partial charge in [-0.1, -0.05) is 24.3 Å². The molecule has 3 rings (SSSR count). The Morgan fingerprint density at radius 1 is 1.36 bits per heavy atom. The van der Waals surface area contributed by atoms with Crippen molar-refractivity contribution < 1.29 is 14.3 Å². The average Bonchev–Trinajstić information content (AvgIpc) is 3.11. The van der Waals surface area contributed by atoms with Crippen molar-refractivity contribution in [2.45, 2.75) is 25.6 Å². The molecule has 0 radical (unpaired) electrons. The molecule has 0 aliphatic carbocycles. The summed E-state index contributed by atoms with van der Waals surface area (Å²) in [5.74, 6) is -0.646. The van der Waals surface area contributed by atoms with E-state index in [2.05, 4.69) is 21.3 Å². The van der Waals surface area contributed by atoms with Crippen LogP contribution in [0, 0.1) is 13.8 Å². The maximum atomic E-state index is 11.7. The molecular weight excluding hydrogens is 338 g/mol. The maximum absolute atomic E-state index is 11.7. The van der Waals surface area contributed by atoms with Crippen LogP contribution in [0.3, 0.4) is 0 Å². The van der Waals surface area contributed by atoms with Crippen molar-refractivity contribution in [3.63, 3.8) is 0 Å². The SMILES string of the molecule is C=CCn1c(C)c(/C=C(\Sc2nnc(C)o2)C(=O)O)c2ccccc21. The van der Waals surface area contributed by atoms with Crippen LogP contribution in [0.1, 0.15) is 17.1 Å². The molecule has 2 aromatic heterocycles. The van der Waals surface area contributed by atoms with Gasteiger partial charge < -0.3 is 14.1 Å². The number of thioether (sulfide) groups is 1. The molecule has 0 fully saturated rings. The van der Waals surface area contributed by atoms with Crippen LogP contribution in [0.2, 0.25) is 0 Å². The van der Waals surface area contributed by atoms with Gasteiger partial charge in [0.1, 0.15) is 4.91 Å². The molecule has 0 bridgehead atoms. The number of allylic oxidation sites excluding steroid dienone is 1. The highest BCUT2D eigenvalue weighted by Crippen LogP contribution is 2.32. The van der Waals surface area contributed by atoms with Crippen LogP contribution >= 0.6 is 11.8 Å². The van der Waals surface area contributed by atoms with Gasteiger partial charge in [0.05, 0.1) is 0 Å². The predicted octanol–water partition coefficient (Wildman–Crippen LogP) is 4.04. The van der Waals surface area contributed by atoms with E-state index in [0.717, 1.165) is 33.9 Å². The van der Waals surface area contributed by atoms with Crippen LogP contribution in [0.5, 0.6) is 0 Å². The van der Waals surface area contributed by atoms with Gasteiger partial charge in [-0.05, 0) is 30.8 Å². The van der Waals surface area contributed by atoms with Crippen LogP contribution in [-0.2, 0) is 11.3 Å². The van der Waals surface area contributed by atoms with E-state index >= 15 is 0 Å². The second-order valence-electron chi connectivity index (χ2n) is 5.42. The number of nitrogens with zero attached hydrogens (tertiary/aromatic N) is 3. The van der Waals surface area contributed by atoms with E-state index in [9.17, 15) is 9.90 Å². The number of hydrogen-bond donors (Lipinski definition) is 1. The van der Waals surface area contributed by atoms with E-state index in [4.69, 9.17) is 4.42 Å². The first-order chi connectivity index (χ1) is 12.0. The van der Waals surface area contributed by atoms with Crippen LogP contribution in [0.4, 0.5) is 0 Å². The lowest BCUT2D eigenvalue weighted by Gasteiger charge is -2.04. The standard InChI is InChI=1S/C18H17N3O3S/c1-4-9-21-11(2)14(13-7-5-6-8-15(13)21)10-16(17(22)23)25-18-20-19-12(3)24-18/h4-8,10H,1,9H2,2-3H3,(H,22,23)/b16-10-. The fourth-order valence-corrected chi connectivity index (χ4v) is 3.38. The van der Waals surface area contributed by atoms with Gasteiger partial charge in [0.15, 0.2) is 0 Å². The summed E-state index contributed by atoms with van der Waals surface area (Å²) in [6.45, 7) is 8.08. The van der Waals surface area contributed by atoms with Crippen LogP contribution in [-0.4, -0.2) is 25.8 Å². The number of para-hydroxylation sites is 1. The van der Waals surface area contributed by atoms with E-state index in [-0.39, 0.29) is 10.1 Å². The van der Waals surface area contributed by atoms with Gasteiger partial charge in [0, 0.05) is 35.6 Å². The number of benzene rings is 1. The first-order valence-corrected chi connectivity index (χ1v) is 8.44. The number of carbonyl (C=O) groups is 1. The molecule has 2 heterocycles. The summed E-state index contributed by atoms with van der Waals surface area (Å²) >= 11 is 0.944. The van der Waals surface area contributed by atoms with Crippen molar-refractivity contribution in [2.24, 2.45) is 0 Å². The monoisotopic (exact) mass is 355 g/mol. The Morgan fingerprint density at radius 2 is 2.12 bits per heavy atom. The third-order valence-corrected chi connectivity index (χ3v) is 4.63. The summed E-state index contributed by atoms with van der Waals surface area (Å²) in [6.07, 6.45) is 3.48. The van der Waals surface area contributed by atoms with Crippen LogP contribution in [0.25, 0.3) is 17.0 Å². The molecule has 0 spiro atoms. The zero-order chi connectivity index (χ0) is 18.0. The minimum Gasteiger partial charge on any atom is -0.477 e. The first-order valence-electron chi connectivity index (χ1n) is 7.63. The molecule has 0 unspecified atom stereocenters. The summed E-state index contributed by atoms with van der Waals surface area (Å²) in [5.41, 5.74) is 2.87. The van der Waals surface area contributed by atoms with Crippen LogP contribution in [0.15, 0.2) is 51.5 Å². The first kappa shape index (κ1) is 17.0. The van der Waals surface area contributed by atoms with Gasteiger partial charge >= 0.3 is 5.97 Å². The molecule has 0 saturated carbocycles. The normalized spacial score (nSPS) is 11.8. The van der Waals surface area contributed by atoms with E-state index in [1.54, 1.807) is 13.0 Å². The van der Waals surface area contributed by atoms with Gasteiger partial charge in [-0.25, -0.2) is 4.79 Å². The molecule has 1 N–H and O–H groups in total. The van der Waals surface area contributed by atoms with E-state index < -0.39 is 5.97 Å². The lowest BCUT2D eigenvalue weighted by molar-refractivity contribution is -0.131. The highest BCUT2D eigenvalue weighted by atomic mass is 32.2. The van der Waals surface area contributed by atoms with E-state index in [0.29, 0.717) is 12.4 Å². The summed E-state index contributed by atoms with van der Waals surface area (Å²) in [5, 5.41) is 18.4. The number of rotatable bonds is 6. The topological polar surface area (TPSA) is 81.2 Å². The molecular formula is C18H17N3O3S. The lowest BCUT2D eigenvalue weighted by Crippen LogP contribution is -1.99. The van der Waals surface area contributed by atoms with Gasteiger partial charge in [0.25, 0.3) is 5.22 Å². The highest BCUT2D eigenvalue weighted by molar-refractivity contribution is 8.03. The maximum Gasteiger partial charge on any atom is 0.342 e. The zero-order valence-corrected chi connectivity index (χ0v) is 14.7. The quantitative estimate of drug-likeness (QED) is 0.408. The Morgan fingerprint density at radius 3 is 2.76 bits per heavy atom. The third kappa shape index (κ3) is 3.36. The molecule has 0 aliphatic heterocycles. The minimum atomic E-state index is -1.04. The fourth-order valence-electron chi connectivity index (χ4n) is 2.68. The number of aryl methyl sites for hydroxylation is 1. The molecule has 0 aliphatic rings. The Bertz CT molecular complexity index is 985. The zero-order valence-electron chi connectivity index (χ0n) is 13.9. The molecule has 25 heavy (non-hydrogen) atoms. The summed E-state index contributed by atoms with van der Waals surface area (Å²) < 4.78 is 7.39. The van der Waals surface area contributed by atoms with Gasteiger partial charge in [0.2, 0.25) is 5.89 Å². The van der Waals surface area contributed by atoms with Gasteiger partial charge in [-0.15, -0.1) is 16.8 Å². The van der Waals surface area contributed by atoms with E-state index in [1.165, 1.54) is 0 Å². The second-order valence-corrected chi connectivity index (χ2v) is 6.41. The van der Waals surface area contributed by atoms with Crippen molar-refractivity contribution in [1.29, 1.82) is 0 Å². The highest BCUT2D eigenvalue weighted by Gasteiger charge is 2.18. The number of fused-ring (bicyclic) bond motifs is 1. The molecule has 0 amide bonds. The van der Waals surface area contributed by atoms with Gasteiger partial charge in [-0.2, -0.15) is 0 Å². The molecule has 1 aromatic carbocycles. The number of carboxylic acids is 1. The van der Waals surface area contributed by atoms with Crippen molar-refractivity contribution in [1.82, 2.24) is 14.8 Å². The van der Waals surface area contributed by atoms with Crippen molar-refractivity contribution in [3.05, 3.63) is 59.0 Å². The number of aliphatic carboxylic acids is 1. The molecule has 0 saturated heterocycles. The van der Waals surface area contributed by atoms with Gasteiger partial charge in [-0.3, -0.25) is 0 Å². The second kappa shape index (κ2) is 6.98. The Labute approximate surface area is 148 Å². The number of aromatic nitrogens is 3. The number of hydrogen-bond acceptors (Lipinski definition) is 5. The summed E-state index contributed by atoms with van der Waals surface area (Å²) in [4.78, 5) is 11.8. The predicted molar refractivity (Wildman–Crippen MR) is 97.4 cm³/mol. The Kier molecular flexibility index (Phi) is 4.76. The van der Waals surface area contributed by atoms with Crippen molar-refractivity contribution in [2.75, 3.05) is 0 Å². The van der Waals surface area contributed by atoms with E-state index in [1.807, 2.05) is 37.3 Å². The Hall–Kier alpha value is -2.80. The molecule has 0 atom stereocenters. The van der Waals surface area contributed by atoms with Crippen molar-refractivity contribution in [3.8, 4) is 0 Å².